The van der Waals surface area contributed by atoms with Crippen LogP contribution in [-0.4, -0.2) is 15.9 Å². The number of carbonyl (C=O) groups excluding carboxylic acids is 1. The summed E-state index contributed by atoms with van der Waals surface area (Å²) in [5, 5.41) is 10.7. The number of aromatic nitrogens is 1. The second-order valence-corrected chi connectivity index (χ2v) is 4.55. The third-order valence-corrected chi connectivity index (χ3v) is 3.04. The molecule has 19 heavy (non-hydrogen) atoms. The van der Waals surface area contributed by atoms with E-state index >= 15 is 0 Å². The van der Waals surface area contributed by atoms with Crippen LogP contribution in [0.25, 0.3) is 0 Å². The molecule has 1 aromatic heterocycles. The van der Waals surface area contributed by atoms with Crippen LogP contribution in [0.5, 0.6) is 0 Å². The Kier molecular flexibility index (Phi) is 3.71. The molecule has 8 heteroatoms. The molecule has 0 saturated carbocycles. The fourth-order valence-corrected chi connectivity index (χ4v) is 1.87. The average molecular weight is 279 g/mol. The van der Waals surface area contributed by atoms with Crippen LogP contribution in [0, 0.1) is 10.1 Å². The molecular formula is C11H9N3O4S. The van der Waals surface area contributed by atoms with Gasteiger partial charge in [0.15, 0.2) is 0 Å². The molecular weight excluding hydrogens is 270 g/mol. The van der Waals surface area contributed by atoms with E-state index in [1.54, 1.807) is 11.7 Å². The van der Waals surface area contributed by atoms with Crippen molar-refractivity contribution in [1.82, 2.24) is 4.98 Å². The SMILES string of the molecule is Nc1ccc(C(=O)OCc2cncs2)cc1[N+](=O)[O-]. The van der Waals surface area contributed by atoms with Crippen molar-refractivity contribution in [3.8, 4) is 0 Å². The molecule has 1 aromatic carbocycles. The smallest absolute Gasteiger partial charge is 0.338 e. The Hall–Kier alpha value is -2.48. The Bertz CT molecular complexity index is 612. The molecule has 0 aliphatic heterocycles. The highest BCUT2D eigenvalue weighted by Gasteiger charge is 2.16. The Labute approximate surface area is 111 Å². The second kappa shape index (κ2) is 5.44. The lowest BCUT2D eigenvalue weighted by Crippen LogP contribution is -2.06. The van der Waals surface area contributed by atoms with Crippen molar-refractivity contribution in [3.05, 3.63) is 50.5 Å². The van der Waals surface area contributed by atoms with E-state index in [4.69, 9.17) is 10.5 Å². The van der Waals surface area contributed by atoms with Crippen molar-refractivity contribution < 1.29 is 14.5 Å². The zero-order chi connectivity index (χ0) is 13.8. The Balaban J connectivity index is 2.11. The molecule has 0 saturated heterocycles. The first-order chi connectivity index (χ1) is 9.08. The highest BCUT2D eigenvalue weighted by atomic mass is 32.1. The summed E-state index contributed by atoms with van der Waals surface area (Å²) in [4.78, 5) is 26.4. The number of hydrogen-bond donors (Lipinski definition) is 1. The van der Waals surface area contributed by atoms with Crippen LogP contribution in [-0.2, 0) is 11.3 Å². The van der Waals surface area contributed by atoms with Gasteiger partial charge in [0, 0.05) is 12.3 Å². The predicted octanol–water partition coefficient (Wildman–Crippen LogP) is 1.99. The number of anilines is 1. The van der Waals surface area contributed by atoms with E-state index < -0.39 is 10.9 Å². The van der Waals surface area contributed by atoms with Gasteiger partial charge in [-0.1, -0.05) is 0 Å². The maximum absolute atomic E-state index is 11.7. The Morgan fingerprint density at radius 1 is 1.53 bits per heavy atom. The largest absolute Gasteiger partial charge is 0.456 e. The van der Waals surface area contributed by atoms with Gasteiger partial charge >= 0.3 is 5.97 Å². The quantitative estimate of drug-likeness (QED) is 0.397. The molecule has 98 valence electrons. The highest BCUT2D eigenvalue weighted by molar-refractivity contribution is 7.09. The van der Waals surface area contributed by atoms with Gasteiger partial charge in [-0.3, -0.25) is 15.1 Å². The zero-order valence-electron chi connectivity index (χ0n) is 9.61. The number of nitrogens with two attached hydrogens (primary N) is 1. The number of nitrogen functional groups attached to an aromatic ring is 1. The van der Waals surface area contributed by atoms with E-state index in [0.717, 1.165) is 10.9 Å². The van der Waals surface area contributed by atoms with Crippen LogP contribution in [0.4, 0.5) is 11.4 Å². The number of hydrogen-bond acceptors (Lipinski definition) is 7. The van der Waals surface area contributed by atoms with Crippen LogP contribution in [0.2, 0.25) is 0 Å². The predicted molar refractivity (Wildman–Crippen MR) is 68.7 cm³/mol. The summed E-state index contributed by atoms with van der Waals surface area (Å²) in [6.45, 7) is 0.0850. The molecule has 7 nitrogen and oxygen atoms in total. The number of rotatable bonds is 4. The summed E-state index contributed by atoms with van der Waals surface area (Å²) in [7, 11) is 0. The van der Waals surface area contributed by atoms with E-state index in [2.05, 4.69) is 4.98 Å². The minimum absolute atomic E-state index is 0.00371. The maximum Gasteiger partial charge on any atom is 0.338 e. The number of benzene rings is 1. The van der Waals surface area contributed by atoms with Crippen molar-refractivity contribution in [2.75, 3.05) is 5.73 Å². The minimum Gasteiger partial charge on any atom is -0.456 e. The topological polar surface area (TPSA) is 108 Å². The van der Waals surface area contributed by atoms with E-state index in [1.165, 1.54) is 23.5 Å². The van der Waals surface area contributed by atoms with Crippen molar-refractivity contribution in [3.63, 3.8) is 0 Å². The Morgan fingerprint density at radius 3 is 2.95 bits per heavy atom. The van der Waals surface area contributed by atoms with Gasteiger partial charge in [0.1, 0.15) is 12.3 Å². The molecule has 0 atom stereocenters. The molecule has 2 N–H and O–H groups in total. The monoisotopic (exact) mass is 279 g/mol. The molecule has 2 aromatic rings. The fraction of sp³-hybridized carbons (Fsp3) is 0.0909. The molecule has 0 amide bonds. The van der Waals surface area contributed by atoms with E-state index in [0.29, 0.717) is 0 Å². The lowest BCUT2D eigenvalue weighted by atomic mass is 10.2. The standard InChI is InChI=1S/C11H9N3O4S/c12-9-2-1-7(3-10(9)14(16)17)11(15)18-5-8-4-13-6-19-8/h1-4,6H,5,12H2. The normalized spacial score (nSPS) is 10.1. The third kappa shape index (κ3) is 3.05. The van der Waals surface area contributed by atoms with Crippen LogP contribution in [0.3, 0.4) is 0 Å². The van der Waals surface area contributed by atoms with Crippen LogP contribution in [0.15, 0.2) is 29.9 Å². The molecule has 0 radical (unpaired) electrons. The Morgan fingerprint density at radius 2 is 2.32 bits per heavy atom. The molecule has 0 aliphatic carbocycles. The number of thiazole rings is 1. The van der Waals surface area contributed by atoms with Crippen LogP contribution in [0.1, 0.15) is 15.2 Å². The third-order valence-electron chi connectivity index (χ3n) is 2.29. The number of carbonyl (C=O) groups is 1. The number of nitro benzene ring substituents is 1. The van der Waals surface area contributed by atoms with Crippen LogP contribution >= 0.6 is 11.3 Å². The van der Waals surface area contributed by atoms with Crippen molar-refractivity contribution >= 4 is 28.7 Å². The molecule has 2 rings (SSSR count). The molecule has 0 fully saturated rings. The van der Waals surface area contributed by atoms with Gasteiger partial charge in [-0.25, -0.2) is 4.79 Å². The summed E-state index contributed by atoms with van der Waals surface area (Å²) in [6, 6.07) is 3.79. The molecule has 0 spiro atoms. The van der Waals surface area contributed by atoms with Gasteiger partial charge < -0.3 is 10.5 Å². The lowest BCUT2D eigenvalue weighted by Gasteiger charge is -2.04. The van der Waals surface area contributed by atoms with Gasteiger partial charge in [-0.15, -0.1) is 11.3 Å². The van der Waals surface area contributed by atoms with E-state index in [-0.39, 0.29) is 23.5 Å². The number of nitrogens with zero attached hydrogens (tertiary/aromatic N) is 2. The summed E-state index contributed by atoms with van der Waals surface area (Å²) in [6.07, 6.45) is 1.59. The highest BCUT2D eigenvalue weighted by Crippen LogP contribution is 2.23. The summed E-state index contributed by atoms with van der Waals surface area (Å²) in [5.41, 5.74) is 6.84. The molecule has 0 aliphatic rings. The van der Waals surface area contributed by atoms with Gasteiger partial charge in [-0.05, 0) is 12.1 Å². The van der Waals surface area contributed by atoms with Crippen molar-refractivity contribution in [2.24, 2.45) is 0 Å². The lowest BCUT2D eigenvalue weighted by molar-refractivity contribution is -0.383. The minimum atomic E-state index is -0.644. The van der Waals surface area contributed by atoms with E-state index in [1.807, 2.05) is 0 Å². The average Bonchev–Trinajstić information content (AvgIpc) is 2.89. The van der Waals surface area contributed by atoms with Gasteiger partial charge in [0.2, 0.25) is 0 Å². The summed E-state index contributed by atoms with van der Waals surface area (Å²) in [5.74, 6) is -0.642. The molecule has 0 bridgehead atoms. The van der Waals surface area contributed by atoms with Gasteiger partial charge in [0.05, 0.1) is 20.9 Å². The zero-order valence-corrected chi connectivity index (χ0v) is 10.4. The summed E-state index contributed by atoms with van der Waals surface area (Å²) >= 11 is 1.35. The fourth-order valence-electron chi connectivity index (χ4n) is 1.36. The van der Waals surface area contributed by atoms with E-state index in [9.17, 15) is 14.9 Å². The summed E-state index contributed by atoms with van der Waals surface area (Å²) < 4.78 is 5.02. The molecule has 0 unspecified atom stereocenters. The van der Waals surface area contributed by atoms with Gasteiger partial charge in [0.25, 0.3) is 5.69 Å². The first kappa shape index (κ1) is 13.0. The number of nitro groups is 1. The maximum atomic E-state index is 11.7. The molecule has 1 heterocycles. The first-order valence-corrected chi connectivity index (χ1v) is 6.04. The number of esters is 1. The van der Waals surface area contributed by atoms with Crippen molar-refractivity contribution in [1.29, 1.82) is 0 Å². The first-order valence-electron chi connectivity index (χ1n) is 5.16. The second-order valence-electron chi connectivity index (χ2n) is 3.57. The van der Waals surface area contributed by atoms with Gasteiger partial charge in [-0.2, -0.15) is 0 Å². The van der Waals surface area contributed by atoms with Crippen molar-refractivity contribution in [2.45, 2.75) is 6.61 Å². The van der Waals surface area contributed by atoms with Crippen LogP contribution < -0.4 is 5.73 Å². The number of ether oxygens (including phenoxy) is 1.